The molecule has 0 saturated heterocycles. The SMILES string of the molecule is CC(C)(C)NN.Cl.O=C(Cl)c1ccc(Cl)c(C(F)(F)F)c1.O=C(Cl)c1ccccc1. The lowest BCUT2D eigenvalue weighted by Crippen LogP contribution is -2.41. The Kier molecular flexibility index (Phi) is 14.2. The number of hydrogen-bond acceptors (Lipinski definition) is 4. The van der Waals surface area contributed by atoms with Gasteiger partial charge in [0.1, 0.15) is 0 Å². The number of rotatable bonds is 2. The molecule has 0 saturated carbocycles. The molecule has 0 aliphatic heterocycles. The van der Waals surface area contributed by atoms with E-state index in [2.05, 4.69) is 5.43 Å². The normalized spacial score (nSPS) is 10.5. The highest BCUT2D eigenvalue weighted by Gasteiger charge is 2.33. The Labute approximate surface area is 194 Å². The van der Waals surface area contributed by atoms with Crippen LogP contribution in [-0.2, 0) is 6.18 Å². The van der Waals surface area contributed by atoms with Gasteiger partial charge in [-0.05, 0) is 62.2 Å². The topological polar surface area (TPSA) is 72.2 Å². The smallest absolute Gasteiger partial charge is 0.276 e. The first-order valence-electron chi connectivity index (χ1n) is 7.98. The van der Waals surface area contributed by atoms with Gasteiger partial charge in [0.05, 0.1) is 10.6 Å². The molecule has 0 spiro atoms. The Bertz CT molecular complexity index is 812. The van der Waals surface area contributed by atoms with Crippen LogP contribution in [0.1, 0.15) is 47.1 Å². The van der Waals surface area contributed by atoms with Crippen LogP contribution < -0.4 is 11.3 Å². The van der Waals surface area contributed by atoms with E-state index in [9.17, 15) is 22.8 Å². The van der Waals surface area contributed by atoms with Gasteiger partial charge in [0.25, 0.3) is 10.5 Å². The molecule has 0 atom stereocenters. The summed E-state index contributed by atoms with van der Waals surface area (Å²) in [7, 11) is 0. The van der Waals surface area contributed by atoms with Gasteiger partial charge in [-0.25, -0.2) is 0 Å². The predicted octanol–water partition coefficient (Wildman–Crippen LogP) is 6.47. The van der Waals surface area contributed by atoms with Crippen molar-refractivity contribution in [3.05, 3.63) is 70.2 Å². The van der Waals surface area contributed by atoms with Crippen LogP contribution >= 0.6 is 47.2 Å². The summed E-state index contributed by atoms with van der Waals surface area (Å²) in [5.41, 5.74) is 1.92. The molecule has 2 aromatic rings. The number of benzene rings is 2. The van der Waals surface area contributed by atoms with Crippen LogP contribution in [-0.4, -0.2) is 16.0 Å². The first-order chi connectivity index (χ1) is 13.2. The van der Waals surface area contributed by atoms with Crippen LogP contribution in [0.25, 0.3) is 0 Å². The van der Waals surface area contributed by atoms with Gasteiger partial charge in [-0.3, -0.25) is 20.9 Å². The van der Waals surface area contributed by atoms with Gasteiger partial charge in [0.2, 0.25) is 0 Å². The van der Waals surface area contributed by atoms with Crippen LogP contribution in [0.2, 0.25) is 5.02 Å². The number of alkyl halides is 3. The van der Waals surface area contributed by atoms with Gasteiger partial charge in [0.15, 0.2) is 0 Å². The molecule has 0 amide bonds. The Hall–Kier alpha value is -1.35. The van der Waals surface area contributed by atoms with Crippen molar-refractivity contribution in [3.63, 3.8) is 0 Å². The first-order valence-corrected chi connectivity index (χ1v) is 9.11. The van der Waals surface area contributed by atoms with Gasteiger partial charge >= 0.3 is 6.18 Å². The first kappa shape index (κ1) is 30.8. The van der Waals surface area contributed by atoms with E-state index in [1.165, 1.54) is 0 Å². The molecule has 0 aliphatic carbocycles. The fourth-order valence-corrected chi connectivity index (χ4v) is 1.90. The number of carbonyl (C=O) groups is 2. The molecule has 168 valence electrons. The van der Waals surface area contributed by atoms with Crippen molar-refractivity contribution in [3.8, 4) is 0 Å². The molecule has 11 heteroatoms. The van der Waals surface area contributed by atoms with E-state index < -0.39 is 27.2 Å². The lowest BCUT2D eigenvalue weighted by molar-refractivity contribution is -0.137. The molecule has 3 N–H and O–H groups in total. The monoisotopic (exact) mass is 506 g/mol. The number of hydrazine groups is 1. The van der Waals surface area contributed by atoms with E-state index in [1.807, 2.05) is 26.8 Å². The zero-order valence-corrected chi connectivity index (χ0v) is 19.3. The molecule has 0 aliphatic rings. The molecule has 0 radical (unpaired) electrons. The second-order valence-electron chi connectivity index (χ2n) is 6.50. The molecule has 0 fully saturated rings. The van der Waals surface area contributed by atoms with Crippen molar-refractivity contribution in [2.45, 2.75) is 32.5 Å². The van der Waals surface area contributed by atoms with Crippen molar-refractivity contribution in [2.75, 3.05) is 0 Å². The lowest BCUT2D eigenvalue weighted by Gasteiger charge is -2.14. The highest BCUT2D eigenvalue weighted by atomic mass is 35.5. The van der Waals surface area contributed by atoms with Gasteiger partial charge in [-0.2, -0.15) is 13.2 Å². The fraction of sp³-hybridized carbons (Fsp3) is 0.263. The minimum Gasteiger partial charge on any atom is -0.276 e. The summed E-state index contributed by atoms with van der Waals surface area (Å²) in [6.07, 6.45) is -4.58. The van der Waals surface area contributed by atoms with Crippen LogP contribution in [0.15, 0.2) is 48.5 Å². The number of nitrogens with two attached hydrogens (primary N) is 1. The second-order valence-corrected chi connectivity index (χ2v) is 7.59. The Balaban J connectivity index is 0. The highest BCUT2D eigenvalue weighted by molar-refractivity contribution is 6.68. The van der Waals surface area contributed by atoms with Crippen molar-refractivity contribution in [1.29, 1.82) is 0 Å². The van der Waals surface area contributed by atoms with Crippen LogP contribution in [0.5, 0.6) is 0 Å². The summed E-state index contributed by atoms with van der Waals surface area (Å²) < 4.78 is 36.8. The van der Waals surface area contributed by atoms with Crippen LogP contribution in [0.4, 0.5) is 13.2 Å². The molecule has 0 bridgehead atoms. The summed E-state index contributed by atoms with van der Waals surface area (Å²) >= 11 is 15.5. The quantitative estimate of drug-likeness (QED) is 0.277. The highest BCUT2D eigenvalue weighted by Crippen LogP contribution is 2.35. The third kappa shape index (κ3) is 13.1. The van der Waals surface area contributed by atoms with Crippen LogP contribution in [0, 0.1) is 0 Å². The molecular formula is C19H21Cl4F3N2O2. The maximum atomic E-state index is 12.3. The number of halogens is 7. The van der Waals surface area contributed by atoms with Gasteiger partial charge < -0.3 is 0 Å². The minimum absolute atomic E-state index is 0. The Morgan fingerprint density at radius 2 is 1.33 bits per heavy atom. The van der Waals surface area contributed by atoms with Gasteiger partial charge in [-0.15, -0.1) is 12.4 Å². The van der Waals surface area contributed by atoms with Crippen molar-refractivity contribution in [2.24, 2.45) is 5.84 Å². The third-order valence-corrected chi connectivity index (χ3v) is 3.70. The molecule has 4 nitrogen and oxygen atoms in total. The summed E-state index contributed by atoms with van der Waals surface area (Å²) in [6.45, 7) is 6.02. The largest absolute Gasteiger partial charge is 0.417 e. The summed E-state index contributed by atoms with van der Waals surface area (Å²) in [6, 6.07) is 11.5. The molecule has 30 heavy (non-hydrogen) atoms. The third-order valence-electron chi connectivity index (χ3n) is 2.93. The lowest BCUT2D eigenvalue weighted by atomic mass is 10.1. The zero-order valence-electron chi connectivity index (χ0n) is 16.2. The number of nitrogens with one attached hydrogen (secondary N) is 1. The minimum atomic E-state index is -4.58. The Morgan fingerprint density at radius 1 is 0.900 bits per heavy atom. The average molecular weight is 508 g/mol. The average Bonchev–Trinajstić information content (AvgIpc) is 2.62. The van der Waals surface area contributed by atoms with E-state index in [1.54, 1.807) is 24.3 Å². The maximum absolute atomic E-state index is 12.3. The summed E-state index contributed by atoms with van der Waals surface area (Å²) in [5, 5.41) is -1.82. The fourth-order valence-electron chi connectivity index (χ4n) is 1.43. The maximum Gasteiger partial charge on any atom is 0.417 e. The second kappa shape index (κ2) is 13.9. The van der Waals surface area contributed by atoms with E-state index in [0.717, 1.165) is 12.1 Å². The van der Waals surface area contributed by atoms with Crippen molar-refractivity contribution < 1.29 is 22.8 Å². The van der Waals surface area contributed by atoms with Crippen molar-refractivity contribution >= 4 is 57.7 Å². The summed E-state index contributed by atoms with van der Waals surface area (Å²) in [5.74, 6) is 5.06. The molecular weight excluding hydrogens is 487 g/mol. The number of hydrogen-bond donors (Lipinski definition) is 2. The molecule has 0 unspecified atom stereocenters. The number of carbonyl (C=O) groups excluding carboxylic acids is 2. The molecule has 0 heterocycles. The van der Waals surface area contributed by atoms with Crippen molar-refractivity contribution in [1.82, 2.24) is 5.43 Å². The van der Waals surface area contributed by atoms with E-state index in [0.29, 0.717) is 11.6 Å². The summed E-state index contributed by atoms with van der Waals surface area (Å²) in [4.78, 5) is 21.0. The van der Waals surface area contributed by atoms with E-state index in [4.69, 9.17) is 40.6 Å². The van der Waals surface area contributed by atoms with Gasteiger partial charge in [-0.1, -0.05) is 41.9 Å². The van der Waals surface area contributed by atoms with E-state index >= 15 is 0 Å². The standard InChI is InChI=1S/C8H3Cl2F3O.C7H5ClO.C4H12N2.ClH/c9-6-2-1-4(7(10)14)3-5(6)8(11,12)13;8-7(9)6-4-2-1-3-5-6;1-4(2,3)6-5;/h1-3H;1-5H;6H,5H2,1-3H3;1H. The molecule has 2 aromatic carbocycles. The molecule has 2 rings (SSSR count). The molecule has 0 aromatic heterocycles. The Morgan fingerprint density at radius 3 is 1.63 bits per heavy atom. The predicted molar refractivity (Wildman–Crippen MR) is 118 cm³/mol. The zero-order chi connectivity index (χ0) is 22.8. The van der Waals surface area contributed by atoms with Gasteiger partial charge in [0, 0.05) is 16.7 Å². The van der Waals surface area contributed by atoms with E-state index in [-0.39, 0.29) is 23.5 Å². The van der Waals surface area contributed by atoms with Crippen LogP contribution in [0.3, 0.4) is 0 Å².